The fraction of sp³-hybridized carbons (Fsp3) is 0.214. The molecule has 1 amide bonds. The van der Waals surface area contributed by atoms with Gasteiger partial charge in [-0.1, -0.05) is 35.3 Å². The van der Waals surface area contributed by atoms with E-state index in [0.29, 0.717) is 22.2 Å². The maximum atomic E-state index is 11.8. The molecule has 0 bridgehead atoms. The highest BCUT2D eigenvalue weighted by molar-refractivity contribution is 7.09. The van der Waals surface area contributed by atoms with Crippen molar-refractivity contribution in [2.45, 2.75) is 12.8 Å². The molecule has 5 heteroatoms. The Labute approximate surface area is 126 Å². The summed E-state index contributed by atoms with van der Waals surface area (Å²) in [5.41, 5.74) is 0.680. The minimum Gasteiger partial charge on any atom is -0.355 e. The van der Waals surface area contributed by atoms with Crippen LogP contribution in [0.1, 0.15) is 10.4 Å². The summed E-state index contributed by atoms with van der Waals surface area (Å²) in [6.45, 7) is 0.626. The maximum Gasteiger partial charge on any atom is 0.224 e. The van der Waals surface area contributed by atoms with E-state index in [4.69, 9.17) is 23.2 Å². The summed E-state index contributed by atoms with van der Waals surface area (Å²) in [4.78, 5) is 13.1. The van der Waals surface area contributed by atoms with Gasteiger partial charge in [-0.3, -0.25) is 4.79 Å². The number of carbonyl (C=O) groups excluding carboxylic acids is 1. The summed E-state index contributed by atoms with van der Waals surface area (Å²) in [5, 5.41) is 5.96. The molecule has 0 aliphatic rings. The third-order valence-corrected chi connectivity index (χ3v) is 4.32. The first-order valence-electron chi connectivity index (χ1n) is 5.89. The lowest BCUT2D eigenvalue weighted by Gasteiger charge is -2.07. The van der Waals surface area contributed by atoms with Crippen LogP contribution in [0.5, 0.6) is 0 Å². The molecule has 0 unspecified atom stereocenters. The van der Waals surface area contributed by atoms with Gasteiger partial charge in [0.1, 0.15) is 0 Å². The molecule has 0 atom stereocenters. The quantitative estimate of drug-likeness (QED) is 0.889. The van der Waals surface area contributed by atoms with E-state index in [2.05, 4.69) is 11.4 Å². The molecule has 100 valence electrons. The van der Waals surface area contributed by atoms with Gasteiger partial charge in [0.05, 0.1) is 6.42 Å². The Morgan fingerprint density at radius 1 is 1.16 bits per heavy atom. The van der Waals surface area contributed by atoms with Crippen molar-refractivity contribution in [2.24, 2.45) is 0 Å². The number of benzene rings is 1. The summed E-state index contributed by atoms with van der Waals surface area (Å²) >= 11 is 13.7. The maximum absolute atomic E-state index is 11.8. The summed E-state index contributed by atoms with van der Waals surface area (Å²) < 4.78 is 0. The van der Waals surface area contributed by atoms with E-state index < -0.39 is 0 Å². The average molecular weight is 314 g/mol. The molecule has 19 heavy (non-hydrogen) atoms. The topological polar surface area (TPSA) is 29.1 Å². The van der Waals surface area contributed by atoms with E-state index in [1.54, 1.807) is 29.5 Å². The largest absolute Gasteiger partial charge is 0.355 e. The van der Waals surface area contributed by atoms with Gasteiger partial charge >= 0.3 is 0 Å². The molecule has 2 nitrogen and oxygen atoms in total. The molecule has 0 spiro atoms. The van der Waals surface area contributed by atoms with Gasteiger partial charge in [-0.05, 0) is 35.6 Å². The third-order valence-electron chi connectivity index (χ3n) is 2.67. The number of carbonyl (C=O) groups is 1. The molecule has 2 aromatic rings. The standard InChI is InChI=1S/C14H13Cl2NOS/c15-12-4-1-5-13(16)11(12)9-14(18)17-7-6-10-3-2-8-19-10/h1-5,8H,6-7,9H2,(H,17,18). The zero-order valence-electron chi connectivity index (χ0n) is 10.2. The van der Waals surface area contributed by atoms with Gasteiger partial charge < -0.3 is 5.32 Å². The second-order valence-electron chi connectivity index (χ2n) is 4.06. The second kappa shape index (κ2) is 6.94. The third kappa shape index (κ3) is 4.23. The van der Waals surface area contributed by atoms with Crippen molar-refractivity contribution in [1.29, 1.82) is 0 Å². The highest BCUT2D eigenvalue weighted by Crippen LogP contribution is 2.24. The predicted octanol–water partition coefficient (Wildman–Crippen LogP) is 3.96. The average Bonchev–Trinajstić information content (AvgIpc) is 2.87. The van der Waals surface area contributed by atoms with Gasteiger partial charge in [-0.25, -0.2) is 0 Å². The van der Waals surface area contributed by atoms with Crippen LogP contribution in [0.4, 0.5) is 0 Å². The van der Waals surface area contributed by atoms with Crippen LogP contribution in [0, 0.1) is 0 Å². The molecule has 0 saturated heterocycles. The Balaban J connectivity index is 1.84. The van der Waals surface area contributed by atoms with Gasteiger partial charge in [0, 0.05) is 21.5 Å². The van der Waals surface area contributed by atoms with Crippen LogP contribution in [0.25, 0.3) is 0 Å². The Hall–Kier alpha value is -1.03. The van der Waals surface area contributed by atoms with Crippen molar-refractivity contribution < 1.29 is 4.79 Å². The highest BCUT2D eigenvalue weighted by Gasteiger charge is 2.10. The van der Waals surface area contributed by atoms with Crippen molar-refractivity contribution in [2.75, 3.05) is 6.54 Å². The first-order valence-corrected chi connectivity index (χ1v) is 7.52. The summed E-state index contributed by atoms with van der Waals surface area (Å²) in [6, 6.07) is 9.30. The van der Waals surface area contributed by atoms with Crippen molar-refractivity contribution >= 4 is 40.4 Å². The molecule has 0 aliphatic heterocycles. The first-order chi connectivity index (χ1) is 9.16. The summed E-state index contributed by atoms with van der Waals surface area (Å²) in [7, 11) is 0. The molecule has 0 radical (unpaired) electrons. The molecule has 1 heterocycles. The number of nitrogens with one attached hydrogen (secondary N) is 1. The fourth-order valence-electron chi connectivity index (χ4n) is 1.70. The summed E-state index contributed by atoms with van der Waals surface area (Å²) in [6.07, 6.45) is 1.06. The smallest absolute Gasteiger partial charge is 0.224 e. The van der Waals surface area contributed by atoms with Crippen LogP contribution in [0.15, 0.2) is 35.7 Å². The van der Waals surface area contributed by atoms with Crippen molar-refractivity contribution in [3.05, 3.63) is 56.2 Å². The van der Waals surface area contributed by atoms with E-state index in [9.17, 15) is 4.79 Å². The molecule has 1 aromatic carbocycles. The Morgan fingerprint density at radius 3 is 2.53 bits per heavy atom. The lowest BCUT2D eigenvalue weighted by Crippen LogP contribution is -2.27. The molecule has 2 rings (SSSR count). The number of amides is 1. The molecule has 0 saturated carbocycles. The minimum atomic E-state index is -0.0634. The van der Waals surface area contributed by atoms with Crippen LogP contribution < -0.4 is 5.32 Å². The highest BCUT2D eigenvalue weighted by atomic mass is 35.5. The zero-order valence-corrected chi connectivity index (χ0v) is 12.5. The Bertz CT molecular complexity index is 534. The number of rotatable bonds is 5. The van der Waals surface area contributed by atoms with Crippen molar-refractivity contribution in [3.63, 3.8) is 0 Å². The number of hydrogen-bond donors (Lipinski definition) is 1. The number of halogens is 2. The fourth-order valence-corrected chi connectivity index (χ4v) is 2.94. The molecular formula is C14H13Cl2NOS. The first kappa shape index (κ1) is 14.4. The van der Waals surface area contributed by atoms with E-state index >= 15 is 0 Å². The Kier molecular flexibility index (Phi) is 5.25. The summed E-state index contributed by atoms with van der Waals surface area (Å²) in [5.74, 6) is -0.0634. The SMILES string of the molecule is O=C(Cc1c(Cl)cccc1Cl)NCCc1cccs1. The van der Waals surface area contributed by atoms with Gasteiger partial charge in [0.2, 0.25) is 5.91 Å². The van der Waals surface area contributed by atoms with Gasteiger partial charge in [-0.2, -0.15) is 0 Å². The van der Waals surface area contributed by atoms with Gasteiger partial charge in [0.25, 0.3) is 0 Å². The van der Waals surface area contributed by atoms with E-state index in [1.807, 2.05) is 11.4 Å². The van der Waals surface area contributed by atoms with Crippen LogP contribution in [0.2, 0.25) is 10.0 Å². The molecule has 0 fully saturated rings. The van der Waals surface area contributed by atoms with Crippen LogP contribution >= 0.6 is 34.5 Å². The lowest BCUT2D eigenvalue weighted by molar-refractivity contribution is -0.120. The van der Waals surface area contributed by atoms with Crippen molar-refractivity contribution in [3.8, 4) is 0 Å². The van der Waals surface area contributed by atoms with E-state index in [1.165, 1.54) is 4.88 Å². The van der Waals surface area contributed by atoms with Crippen LogP contribution in [-0.2, 0) is 17.6 Å². The van der Waals surface area contributed by atoms with Crippen molar-refractivity contribution in [1.82, 2.24) is 5.32 Å². The molecule has 0 aliphatic carbocycles. The number of hydrogen-bond acceptors (Lipinski definition) is 2. The molecule has 1 N–H and O–H groups in total. The predicted molar refractivity (Wildman–Crippen MR) is 81.2 cm³/mol. The van der Waals surface area contributed by atoms with Gasteiger partial charge in [-0.15, -0.1) is 11.3 Å². The Morgan fingerprint density at radius 2 is 1.89 bits per heavy atom. The molecular weight excluding hydrogens is 301 g/mol. The normalized spacial score (nSPS) is 10.4. The second-order valence-corrected chi connectivity index (χ2v) is 5.90. The van der Waals surface area contributed by atoms with Gasteiger partial charge in [0.15, 0.2) is 0 Å². The molecule has 1 aromatic heterocycles. The monoisotopic (exact) mass is 313 g/mol. The zero-order chi connectivity index (χ0) is 13.7. The number of thiophene rings is 1. The van der Waals surface area contributed by atoms with E-state index in [-0.39, 0.29) is 12.3 Å². The van der Waals surface area contributed by atoms with Crippen LogP contribution in [0.3, 0.4) is 0 Å². The van der Waals surface area contributed by atoms with Crippen LogP contribution in [-0.4, -0.2) is 12.5 Å². The minimum absolute atomic E-state index is 0.0634. The van der Waals surface area contributed by atoms with E-state index in [0.717, 1.165) is 6.42 Å². The lowest BCUT2D eigenvalue weighted by atomic mass is 10.1.